The minimum Gasteiger partial charge on any atom is -0.582 e. The van der Waals surface area contributed by atoms with E-state index in [4.69, 9.17) is 21.1 Å². The summed E-state index contributed by atoms with van der Waals surface area (Å²) in [6, 6.07) is 40.8. The van der Waals surface area contributed by atoms with Gasteiger partial charge in [-0.05, 0) is 163 Å². The van der Waals surface area contributed by atoms with Gasteiger partial charge >= 0.3 is 0 Å². The van der Waals surface area contributed by atoms with E-state index in [1.54, 1.807) is 0 Å². The summed E-state index contributed by atoms with van der Waals surface area (Å²) in [5, 5.41) is 30.9. The van der Waals surface area contributed by atoms with Crippen molar-refractivity contribution in [3.05, 3.63) is 192 Å². The summed E-state index contributed by atoms with van der Waals surface area (Å²) in [5.41, 5.74) is 12.6. The number of hydrogen-bond acceptors (Lipinski definition) is 2. The SMILES string of the molecule is Cc1cc(F)cc(-c2cc(C(C)(C)CC(C)(C)C)cc(-n3c4cc(C(C)(C)C)ccc4c4ccc(C(C)(C)C)cc43)c2O)c1[OH+]CCC[OH+]c1c(Cl)cc(F)cc1-c1cc(C(C)(C)CC(C)(C)C)cc(-n2c3cc(C(C)(C)C)ccc3c3ccc(C(C)(C)C)cc32)c1O.[CH3-].[CH3-].[Hf]. The number of nitrogens with zero attached hydrogens (tertiary/aromatic N) is 2. The third kappa shape index (κ3) is 15.5. The minimum atomic E-state index is -0.551. The second kappa shape index (κ2) is 27.0. The number of benzene rings is 8. The van der Waals surface area contributed by atoms with Crippen molar-refractivity contribution < 1.29 is 54.3 Å². The summed E-state index contributed by atoms with van der Waals surface area (Å²) in [5.74, 6) is -0.0453. The molecule has 0 aliphatic carbocycles. The number of phenolic OH excluding ortho intramolecular Hbond substituents is 2. The van der Waals surface area contributed by atoms with Gasteiger partial charge in [0.2, 0.25) is 0 Å². The monoisotopic (exact) mass is 1490 g/mol. The van der Waals surface area contributed by atoms with Gasteiger partial charge in [-0.1, -0.05) is 212 Å². The second-order valence-electron chi connectivity index (χ2n) is 34.6. The van der Waals surface area contributed by atoms with Crippen molar-refractivity contribution in [2.75, 3.05) is 13.2 Å². The zero-order chi connectivity index (χ0) is 68.4. The van der Waals surface area contributed by atoms with Gasteiger partial charge in [0.05, 0.1) is 44.6 Å². The van der Waals surface area contributed by atoms with Crippen LogP contribution in [0.1, 0.15) is 211 Å². The number of phenols is 2. The van der Waals surface area contributed by atoms with Gasteiger partial charge in [-0.15, -0.1) is 0 Å². The number of aryl methyl sites for hydroxylation is 1. The van der Waals surface area contributed by atoms with Crippen LogP contribution in [-0.4, -0.2) is 42.0 Å². The quantitative estimate of drug-likeness (QED) is 0.0493. The van der Waals surface area contributed by atoms with Gasteiger partial charge < -0.3 is 43.7 Å². The molecule has 512 valence electrons. The fourth-order valence-electron chi connectivity index (χ4n) is 14.6. The van der Waals surface area contributed by atoms with Gasteiger partial charge in [0, 0.05) is 70.1 Å². The van der Waals surface area contributed by atoms with E-state index < -0.39 is 17.0 Å². The topological polar surface area (TPSA) is 75.9 Å². The zero-order valence-corrected chi connectivity index (χ0v) is 66.7. The Morgan fingerprint density at radius 2 is 0.688 bits per heavy atom. The summed E-state index contributed by atoms with van der Waals surface area (Å²) in [7, 11) is 0. The smallest absolute Gasteiger partial charge is 0.281 e. The maximum Gasteiger partial charge on any atom is 0.281 e. The Hall–Kier alpha value is -6.42. The summed E-state index contributed by atoms with van der Waals surface area (Å²) >= 11 is 7.16. The van der Waals surface area contributed by atoms with Crippen molar-refractivity contribution in [1.29, 1.82) is 0 Å². The number of aliphatic hydroxyl groups is 2. The third-order valence-electron chi connectivity index (χ3n) is 18.9. The molecule has 6 nitrogen and oxygen atoms in total. The van der Waals surface area contributed by atoms with Crippen LogP contribution in [0.2, 0.25) is 5.02 Å². The van der Waals surface area contributed by atoms with E-state index in [0.717, 1.165) is 78.7 Å². The van der Waals surface area contributed by atoms with Crippen LogP contribution in [0.25, 0.3) is 77.2 Å². The molecule has 96 heavy (non-hydrogen) atoms. The van der Waals surface area contributed by atoms with E-state index >= 15 is 8.78 Å². The summed E-state index contributed by atoms with van der Waals surface area (Å²) in [6.07, 6.45) is 2.09. The molecule has 10 rings (SSSR count). The Bertz CT molecular complexity index is 4130. The van der Waals surface area contributed by atoms with Gasteiger partial charge in [-0.25, -0.2) is 8.78 Å². The van der Waals surface area contributed by atoms with Crippen LogP contribution in [0, 0.1) is 44.2 Å². The van der Waals surface area contributed by atoms with E-state index in [-0.39, 0.29) is 108 Å². The number of halogens is 3. The van der Waals surface area contributed by atoms with Gasteiger partial charge in [-0.3, -0.25) is 0 Å². The van der Waals surface area contributed by atoms with Crippen molar-refractivity contribution >= 4 is 55.2 Å². The van der Waals surface area contributed by atoms with Gasteiger partial charge in [0.1, 0.15) is 34.6 Å². The van der Waals surface area contributed by atoms with Crippen molar-refractivity contribution in [1.82, 2.24) is 9.13 Å². The standard InChI is InChI=1S/C84H101ClF2N2O4.2CH3.Hf/c1-49-35-56(86)44-64(62-36-54(83(20,21)47-77(2,3)4)42-71(73(62)90)88-67-38-50(79(8,9)10)25-29-58(67)59-30-26-51(39-68(59)88)80(11,12)13)75(49)92-33-24-34-93-76-65(45-57(87)46-66(76)85)63-37-55(84(22,23)48-78(5,6)7)43-72(74(63)91)89-69-40-52(81(14,15)16)27-31-60(69)61-32-28-53(41-70(61)89)82(17,18)19;;;/h25-32,35-46,90-91H,24,33-34,47-48H2,1-23H3;2*1H3;/q;2*-1;/p+2. The molecule has 0 radical (unpaired) electrons. The fourth-order valence-corrected chi connectivity index (χ4v) is 14.9. The minimum absolute atomic E-state index is 0. The van der Waals surface area contributed by atoms with Crippen LogP contribution in [0.5, 0.6) is 23.0 Å². The van der Waals surface area contributed by atoms with Crippen LogP contribution >= 0.6 is 11.6 Å². The molecule has 0 amide bonds. The fraction of sp³-hybridized carbons (Fsp3) is 0.419. The molecule has 0 saturated carbocycles. The Morgan fingerprint density at radius 1 is 0.385 bits per heavy atom. The summed E-state index contributed by atoms with van der Waals surface area (Å²) < 4.78 is 47.4. The number of aromatic hydroxyl groups is 4. The predicted octanol–water partition coefficient (Wildman–Crippen LogP) is 25.0. The van der Waals surface area contributed by atoms with Crippen molar-refractivity contribution in [3.63, 3.8) is 0 Å². The molecule has 2 aromatic heterocycles. The van der Waals surface area contributed by atoms with Crippen molar-refractivity contribution in [2.24, 2.45) is 10.8 Å². The van der Waals surface area contributed by atoms with Crippen LogP contribution in [0.15, 0.2) is 121 Å². The van der Waals surface area contributed by atoms with Crippen LogP contribution < -0.4 is 0 Å². The Morgan fingerprint density at radius 3 is 1.00 bits per heavy atom. The van der Waals surface area contributed by atoms with Crippen molar-refractivity contribution in [3.8, 4) is 56.6 Å². The van der Waals surface area contributed by atoms with Crippen LogP contribution in [0.3, 0.4) is 0 Å². The first kappa shape index (κ1) is 76.9. The van der Waals surface area contributed by atoms with Gasteiger partial charge in [0.25, 0.3) is 11.5 Å². The maximum atomic E-state index is 16.3. The predicted molar refractivity (Wildman–Crippen MR) is 405 cm³/mol. The molecule has 0 fully saturated rings. The molecule has 2 heterocycles. The van der Waals surface area contributed by atoms with E-state index in [9.17, 15) is 10.2 Å². The summed E-state index contributed by atoms with van der Waals surface area (Å²) in [6.45, 7) is 51.5. The zero-order valence-electron chi connectivity index (χ0n) is 62.4. The van der Waals surface area contributed by atoms with E-state index in [2.05, 4.69) is 246 Å². The van der Waals surface area contributed by atoms with E-state index in [1.165, 1.54) is 35.4 Å². The van der Waals surface area contributed by atoms with Gasteiger partial charge in [-0.2, -0.15) is 0 Å². The molecule has 0 aliphatic heterocycles. The number of rotatable bonds is 14. The molecule has 8 aromatic carbocycles. The van der Waals surface area contributed by atoms with E-state index in [0.29, 0.717) is 57.1 Å². The summed E-state index contributed by atoms with van der Waals surface area (Å²) in [4.78, 5) is 0. The molecule has 10 aromatic rings. The number of hydrogen-bond donors (Lipinski definition) is 2. The number of fused-ring (bicyclic) bond motifs is 6. The Kier molecular flexibility index (Phi) is 21.7. The average Bonchev–Trinajstić information content (AvgIpc) is 1.52. The Labute approximate surface area is 598 Å². The first-order chi connectivity index (χ1) is 42.8. The number of ether oxygens (including phenoxy) is 2. The molecule has 4 N–H and O–H groups in total. The van der Waals surface area contributed by atoms with Crippen LogP contribution in [-0.2, 0) is 58.3 Å². The maximum absolute atomic E-state index is 16.3. The van der Waals surface area contributed by atoms with E-state index in [1.807, 2.05) is 19.1 Å². The second-order valence-corrected chi connectivity index (χ2v) is 35.1. The molecule has 10 heteroatoms. The van der Waals surface area contributed by atoms with Gasteiger partial charge in [0.15, 0.2) is 13.2 Å². The molecular formula is C86H109ClF2HfN2O4. The largest absolute Gasteiger partial charge is 0.582 e. The number of aromatic nitrogens is 2. The first-order valence-corrected chi connectivity index (χ1v) is 33.8. The molecule has 0 atom stereocenters. The molecular weight excluding hydrogens is 1380 g/mol. The molecule has 0 bridgehead atoms. The molecule has 0 aliphatic rings. The Balaban J connectivity index is 0.00000433. The van der Waals surface area contributed by atoms with Crippen molar-refractivity contribution in [2.45, 2.75) is 211 Å². The molecule has 0 unspecified atom stereocenters. The van der Waals surface area contributed by atoms with Crippen LogP contribution in [0.4, 0.5) is 8.78 Å². The molecule has 0 saturated heterocycles. The molecule has 0 spiro atoms. The third-order valence-corrected chi connectivity index (χ3v) is 19.2. The first-order valence-electron chi connectivity index (χ1n) is 33.4. The normalized spacial score (nSPS) is 12.9. The average molecular weight is 1490 g/mol.